The fourth-order valence-corrected chi connectivity index (χ4v) is 4.43. The first-order chi connectivity index (χ1) is 7.75. The normalized spacial score (nSPS) is 11.1. The molecule has 0 radical (unpaired) electrons. The van der Waals surface area contributed by atoms with Crippen LogP contribution in [0.2, 0.25) is 0 Å². The molecule has 0 atom stereocenters. The largest absolute Gasteiger partial charge is 0.481 e. The summed E-state index contributed by atoms with van der Waals surface area (Å²) >= 11 is 6.19. The maximum absolute atomic E-state index is 10.4. The fourth-order valence-electron chi connectivity index (χ4n) is 1.22. The number of halogens is 1. The molecule has 0 aliphatic heterocycles. The summed E-state index contributed by atoms with van der Waals surface area (Å²) in [6.07, 6.45) is 0.0445. The van der Waals surface area contributed by atoms with Gasteiger partial charge in [0.25, 0.3) is 0 Å². The topological polar surface area (TPSA) is 112 Å². The lowest BCUT2D eigenvalue weighted by atomic mass is 10.5. The van der Waals surface area contributed by atoms with Crippen LogP contribution >= 0.6 is 17.9 Å². The smallest absolute Gasteiger partial charge is 0.307 e. The van der Waals surface area contributed by atoms with Crippen molar-refractivity contribution in [3.05, 3.63) is 0 Å². The second-order valence-electron chi connectivity index (χ2n) is 3.63. The molecule has 17 heavy (non-hydrogen) atoms. The molecule has 0 saturated heterocycles. The summed E-state index contributed by atoms with van der Waals surface area (Å²) in [7, 11) is 0. The first-order valence-corrected chi connectivity index (χ1v) is 8.21. The van der Waals surface area contributed by atoms with Crippen LogP contribution in [0.25, 0.3) is 0 Å². The molecule has 6 nitrogen and oxygen atoms in total. The molecule has 98 valence electrons. The Bertz CT molecular complexity index is 260. The number of hydrogen-bond acceptors (Lipinski definition) is 3. The molecule has 0 aromatic heterocycles. The van der Waals surface area contributed by atoms with E-state index in [9.17, 15) is 14.4 Å². The van der Waals surface area contributed by atoms with Gasteiger partial charge in [-0.25, -0.2) is 0 Å². The zero-order valence-corrected chi connectivity index (χ0v) is 10.8. The molecule has 0 aromatic carbocycles. The van der Waals surface area contributed by atoms with Crippen molar-refractivity contribution >= 4 is 35.8 Å². The van der Waals surface area contributed by atoms with Crippen molar-refractivity contribution in [2.24, 2.45) is 0 Å². The van der Waals surface area contributed by atoms with Crippen molar-refractivity contribution in [3.63, 3.8) is 0 Å². The monoisotopic (exact) mass is 285 g/mol. The molecule has 0 aliphatic rings. The van der Waals surface area contributed by atoms with Gasteiger partial charge in [0.15, 0.2) is 0 Å². The molecule has 8 heteroatoms. The summed E-state index contributed by atoms with van der Waals surface area (Å²) in [6.45, 7) is -2.30. The molecule has 0 aromatic rings. The Labute approximate surface area is 104 Å². The van der Waals surface area contributed by atoms with Gasteiger partial charge in [-0.15, -0.1) is 0 Å². The van der Waals surface area contributed by atoms with Gasteiger partial charge in [-0.3, -0.25) is 14.4 Å². The SMILES string of the molecule is O=C(O)CC[P+](Cl)(CCC(=O)O)CCC(=O)O. The highest BCUT2D eigenvalue weighted by Crippen LogP contribution is 2.65. The Balaban J connectivity index is 4.37. The van der Waals surface area contributed by atoms with Crippen LogP contribution in [-0.2, 0) is 14.4 Å². The Kier molecular flexibility index (Phi) is 7.07. The van der Waals surface area contributed by atoms with E-state index in [1.54, 1.807) is 0 Å². The van der Waals surface area contributed by atoms with Gasteiger partial charge in [-0.1, -0.05) is 0 Å². The Morgan fingerprint density at radius 1 is 0.765 bits per heavy atom. The number of rotatable bonds is 9. The third kappa shape index (κ3) is 8.89. The van der Waals surface area contributed by atoms with Crippen LogP contribution in [0.15, 0.2) is 0 Å². The molecule has 0 aliphatic carbocycles. The van der Waals surface area contributed by atoms with E-state index < -0.39 is 24.5 Å². The lowest BCUT2D eigenvalue weighted by molar-refractivity contribution is -0.137. The zero-order valence-electron chi connectivity index (χ0n) is 9.13. The van der Waals surface area contributed by atoms with Crippen LogP contribution in [0.1, 0.15) is 19.3 Å². The highest BCUT2D eigenvalue weighted by molar-refractivity contribution is 7.99. The van der Waals surface area contributed by atoms with Gasteiger partial charge in [-0.2, -0.15) is 0 Å². The van der Waals surface area contributed by atoms with E-state index in [2.05, 4.69) is 0 Å². The molecule has 0 unspecified atom stereocenters. The molecule has 0 spiro atoms. The highest BCUT2D eigenvalue weighted by Gasteiger charge is 2.37. The Morgan fingerprint density at radius 2 is 1.00 bits per heavy atom. The minimum absolute atomic E-state index is 0.156. The highest BCUT2D eigenvalue weighted by atomic mass is 35.7. The zero-order chi connectivity index (χ0) is 13.5. The van der Waals surface area contributed by atoms with Crippen molar-refractivity contribution in [2.45, 2.75) is 19.3 Å². The van der Waals surface area contributed by atoms with Crippen LogP contribution in [-0.4, -0.2) is 51.7 Å². The second-order valence-corrected chi connectivity index (χ2v) is 9.18. The quantitative estimate of drug-likeness (QED) is 0.555. The lowest BCUT2D eigenvalue weighted by Gasteiger charge is -2.16. The predicted molar refractivity (Wildman–Crippen MR) is 64.1 cm³/mol. The number of carboxylic acids is 3. The first-order valence-electron chi connectivity index (χ1n) is 4.96. The van der Waals surface area contributed by atoms with Crippen molar-refractivity contribution in [3.8, 4) is 0 Å². The molecule has 3 N–H and O–H groups in total. The standard InChI is InChI=1S/C9H14ClO6P/c10-17(4-1-7(11)12,5-2-8(13)14)6-3-9(15)16/h1-6H2,(H2-,11,12,13,14,15,16)/p+1. The predicted octanol–water partition coefficient (Wildman–Crippen LogP) is 1.58. The first kappa shape index (κ1) is 16.1. The summed E-state index contributed by atoms with van der Waals surface area (Å²) in [6, 6.07) is 0. The summed E-state index contributed by atoms with van der Waals surface area (Å²) in [5, 5.41) is 25.7. The molecule has 0 heterocycles. The van der Waals surface area contributed by atoms with Crippen LogP contribution in [0.5, 0.6) is 0 Å². The third-order valence-corrected chi connectivity index (χ3v) is 6.78. The summed E-state index contributed by atoms with van der Waals surface area (Å²) in [5.74, 6) is -3.04. The molecular formula is C9H15ClO6P+. The summed E-state index contributed by atoms with van der Waals surface area (Å²) < 4.78 is 0. The second kappa shape index (κ2) is 7.45. The van der Waals surface area contributed by atoms with Gasteiger partial charge in [0.2, 0.25) is 0 Å². The molecule has 0 rings (SSSR count). The van der Waals surface area contributed by atoms with E-state index in [-0.39, 0.29) is 37.7 Å². The van der Waals surface area contributed by atoms with Crippen LogP contribution in [0.4, 0.5) is 0 Å². The number of carboxylic acid groups (broad SMARTS) is 3. The molecule has 0 amide bonds. The van der Waals surface area contributed by atoms with Gasteiger partial charge < -0.3 is 15.3 Å². The number of aliphatic carboxylic acids is 3. The Hall–Kier alpha value is -0.870. The third-order valence-electron chi connectivity index (χ3n) is 2.18. The van der Waals surface area contributed by atoms with Crippen LogP contribution < -0.4 is 0 Å². The molecular weight excluding hydrogens is 271 g/mol. The van der Waals surface area contributed by atoms with Gasteiger partial charge in [-0.05, 0) is 0 Å². The van der Waals surface area contributed by atoms with Crippen molar-refractivity contribution in [1.82, 2.24) is 0 Å². The minimum atomic E-state index is -2.30. The van der Waals surface area contributed by atoms with E-state index in [0.717, 1.165) is 0 Å². The van der Waals surface area contributed by atoms with Crippen LogP contribution in [0.3, 0.4) is 0 Å². The van der Waals surface area contributed by atoms with E-state index >= 15 is 0 Å². The van der Waals surface area contributed by atoms with Gasteiger partial charge in [0.05, 0.1) is 49.0 Å². The summed E-state index contributed by atoms with van der Waals surface area (Å²) in [4.78, 5) is 31.3. The van der Waals surface area contributed by atoms with Gasteiger partial charge in [0, 0.05) is 0 Å². The fraction of sp³-hybridized carbons (Fsp3) is 0.667. The van der Waals surface area contributed by atoms with Crippen molar-refractivity contribution in [2.75, 3.05) is 18.5 Å². The van der Waals surface area contributed by atoms with Crippen LogP contribution in [0, 0.1) is 0 Å². The van der Waals surface area contributed by atoms with Gasteiger partial charge in [0.1, 0.15) is 6.62 Å². The maximum atomic E-state index is 10.4. The Morgan fingerprint density at radius 3 is 1.18 bits per heavy atom. The minimum Gasteiger partial charge on any atom is -0.481 e. The van der Waals surface area contributed by atoms with Crippen molar-refractivity contribution < 1.29 is 29.7 Å². The van der Waals surface area contributed by atoms with Crippen molar-refractivity contribution in [1.29, 1.82) is 0 Å². The van der Waals surface area contributed by atoms with E-state index in [1.807, 2.05) is 0 Å². The molecule has 0 fully saturated rings. The van der Waals surface area contributed by atoms with E-state index in [0.29, 0.717) is 0 Å². The average Bonchev–Trinajstić information content (AvgIpc) is 2.21. The number of carbonyl (C=O) groups is 3. The van der Waals surface area contributed by atoms with E-state index in [4.69, 9.17) is 26.6 Å². The van der Waals surface area contributed by atoms with E-state index in [1.165, 1.54) is 0 Å². The summed E-state index contributed by atoms with van der Waals surface area (Å²) in [5.41, 5.74) is 0. The average molecular weight is 286 g/mol. The maximum Gasteiger partial charge on any atom is 0.307 e. The van der Waals surface area contributed by atoms with Gasteiger partial charge >= 0.3 is 17.9 Å². The number of hydrogen-bond donors (Lipinski definition) is 3. The molecule has 0 saturated carbocycles. The molecule has 0 bridgehead atoms. The lowest BCUT2D eigenvalue weighted by Crippen LogP contribution is -2.12.